The molecule has 0 aliphatic rings. The van der Waals surface area contributed by atoms with Gasteiger partial charge in [0.1, 0.15) is 17.3 Å². The van der Waals surface area contributed by atoms with Gasteiger partial charge < -0.3 is 19.9 Å². The van der Waals surface area contributed by atoms with E-state index in [1.54, 1.807) is 48.5 Å². The molecule has 2 N–H and O–H groups in total. The summed E-state index contributed by atoms with van der Waals surface area (Å²) in [6.45, 7) is 4.48. The van der Waals surface area contributed by atoms with Crippen LogP contribution in [0.4, 0.5) is 5.69 Å². The summed E-state index contributed by atoms with van der Waals surface area (Å²) in [7, 11) is 1.48. The summed E-state index contributed by atoms with van der Waals surface area (Å²) in [5.74, 6) is -0.521. The van der Waals surface area contributed by atoms with Gasteiger partial charge in [0.2, 0.25) is 0 Å². The first-order chi connectivity index (χ1) is 20.8. The van der Waals surface area contributed by atoms with Crippen molar-refractivity contribution >= 4 is 28.5 Å². The minimum atomic E-state index is -1.30. The Morgan fingerprint density at radius 1 is 1.02 bits per heavy atom. The van der Waals surface area contributed by atoms with Crippen molar-refractivity contribution in [2.45, 2.75) is 32.9 Å². The quantitative estimate of drug-likeness (QED) is 0.216. The summed E-state index contributed by atoms with van der Waals surface area (Å²) in [5, 5.41) is 17.0. The molecule has 0 radical (unpaired) electrons. The van der Waals surface area contributed by atoms with Gasteiger partial charge in [0.05, 0.1) is 42.1 Å². The number of amides is 1. The number of nitrogens with one attached hydrogen (secondary N) is 1. The number of ether oxygens (including phenoxy) is 2. The highest BCUT2D eigenvalue weighted by atomic mass is 16.5. The van der Waals surface area contributed by atoms with Crippen LogP contribution in [-0.4, -0.2) is 50.0 Å². The SMILES string of the molecule is COc1ccccc1NC(=O)C(c1nc2ccccc2c(=O)n1CCCOc1ccc(C)cc1C)n1cc(C(=O)O)cn1. The highest BCUT2D eigenvalue weighted by Gasteiger charge is 2.31. The van der Waals surface area contributed by atoms with Gasteiger partial charge in [-0.2, -0.15) is 5.10 Å². The van der Waals surface area contributed by atoms with Crippen LogP contribution in [0.15, 0.2) is 83.9 Å². The van der Waals surface area contributed by atoms with Crippen LogP contribution in [-0.2, 0) is 11.3 Å². The Hall–Kier alpha value is -5.45. The molecule has 11 nitrogen and oxygen atoms in total. The smallest absolute Gasteiger partial charge is 0.338 e. The maximum Gasteiger partial charge on any atom is 0.338 e. The Bertz CT molecular complexity index is 1860. The lowest BCUT2D eigenvalue weighted by molar-refractivity contribution is -0.118. The van der Waals surface area contributed by atoms with Crippen molar-refractivity contribution in [3.63, 3.8) is 0 Å². The van der Waals surface area contributed by atoms with Crippen LogP contribution < -0.4 is 20.3 Å². The van der Waals surface area contributed by atoms with Gasteiger partial charge in [0.15, 0.2) is 6.04 Å². The van der Waals surface area contributed by atoms with Crippen molar-refractivity contribution in [3.8, 4) is 11.5 Å². The van der Waals surface area contributed by atoms with E-state index in [1.165, 1.54) is 22.6 Å². The van der Waals surface area contributed by atoms with Crippen molar-refractivity contribution in [3.05, 3.63) is 112 Å². The highest BCUT2D eigenvalue weighted by molar-refractivity contribution is 5.97. The Morgan fingerprint density at radius 3 is 2.53 bits per heavy atom. The number of hydrogen-bond donors (Lipinski definition) is 2. The molecule has 0 spiro atoms. The van der Waals surface area contributed by atoms with Crippen molar-refractivity contribution in [2.24, 2.45) is 0 Å². The summed E-state index contributed by atoms with van der Waals surface area (Å²) < 4.78 is 14.0. The van der Waals surface area contributed by atoms with Crippen molar-refractivity contribution < 1.29 is 24.2 Å². The molecule has 5 aromatic rings. The van der Waals surface area contributed by atoms with Crippen LogP contribution >= 0.6 is 0 Å². The maximum absolute atomic E-state index is 14.0. The number of carbonyl (C=O) groups is 2. The largest absolute Gasteiger partial charge is 0.495 e. The summed E-state index contributed by atoms with van der Waals surface area (Å²) in [5.41, 5.74) is 2.46. The lowest BCUT2D eigenvalue weighted by Crippen LogP contribution is -2.35. The van der Waals surface area contributed by atoms with Crippen LogP contribution in [0, 0.1) is 13.8 Å². The number of carboxylic acids is 1. The number of methoxy groups -OCH3 is 1. The first-order valence-corrected chi connectivity index (χ1v) is 13.7. The number of aromatic nitrogens is 4. The van der Waals surface area contributed by atoms with E-state index in [2.05, 4.69) is 10.4 Å². The third-order valence-electron chi connectivity index (χ3n) is 6.98. The topological polar surface area (TPSA) is 138 Å². The van der Waals surface area contributed by atoms with E-state index >= 15 is 0 Å². The Morgan fingerprint density at radius 2 is 1.79 bits per heavy atom. The molecular formula is C32H31N5O6. The molecule has 2 heterocycles. The fraction of sp³-hybridized carbons (Fsp3) is 0.219. The van der Waals surface area contributed by atoms with Crippen molar-refractivity contribution in [1.29, 1.82) is 0 Å². The third kappa shape index (κ3) is 6.25. The summed E-state index contributed by atoms with van der Waals surface area (Å²) in [6, 6.07) is 18.4. The molecule has 5 rings (SSSR count). The normalized spacial score (nSPS) is 11.7. The number of nitrogens with zero attached hydrogens (tertiary/aromatic N) is 4. The number of benzene rings is 3. The predicted molar refractivity (Wildman–Crippen MR) is 161 cm³/mol. The summed E-state index contributed by atoms with van der Waals surface area (Å²) >= 11 is 0. The van der Waals surface area contributed by atoms with Gasteiger partial charge in [-0.3, -0.25) is 18.8 Å². The standard InChI is InChI=1S/C32H31N5O6/c1-20-13-14-26(21(2)17-20)43-16-8-15-36-29(34-24-10-5-4-9-23(24)31(36)39)28(37-19-22(18-33-37)32(40)41)30(38)35-25-11-6-7-12-27(25)42-3/h4-7,9-14,17-19,28H,8,15-16H2,1-3H3,(H,35,38)(H,40,41). The second kappa shape index (κ2) is 12.6. The average molecular weight is 582 g/mol. The molecule has 0 bridgehead atoms. The van der Waals surface area contributed by atoms with E-state index in [-0.39, 0.29) is 23.5 Å². The first kappa shape index (κ1) is 29.1. The molecule has 220 valence electrons. The van der Waals surface area contributed by atoms with Gasteiger partial charge in [-0.05, 0) is 56.2 Å². The molecule has 3 aromatic carbocycles. The van der Waals surface area contributed by atoms with Crippen LogP contribution in [0.3, 0.4) is 0 Å². The first-order valence-electron chi connectivity index (χ1n) is 13.7. The molecule has 0 aliphatic carbocycles. The zero-order valence-electron chi connectivity index (χ0n) is 24.0. The van der Waals surface area contributed by atoms with E-state index in [1.807, 2.05) is 32.0 Å². The average Bonchev–Trinajstić information content (AvgIpc) is 3.48. The number of anilines is 1. The van der Waals surface area contributed by atoms with Gasteiger partial charge in [0.25, 0.3) is 11.5 Å². The number of para-hydroxylation sites is 3. The molecule has 0 saturated heterocycles. The molecule has 0 saturated carbocycles. The van der Waals surface area contributed by atoms with Crippen LogP contribution in [0.1, 0.15) is 39.8 Å². The molecular weight excluding hydrogens is 550 g/mol. The number of aryl methyl sites for hydroxylation is 2. The van der Waals surface area contributed by atoms with Gasteiger partial charge in [-0.15, -0.1) is 0 Å². The number of fused-ring (bicyclic) bond motifs is 1. The fourth-order valence-electron chi connectivity index (χ4n) is 4.87. The van der Waals surface area contributed by atoms with Gasteiger partial charge in [-0.25, -0.2) is 9.78 Å². The van der Waals surface area contributed by atoms with E-state index in [9.17, 15) is 19.5 Å². The van der Waals surface area contributed by atoms with Crippen LogP contribution in [0.2, 0.25) is 0 Å². The number of hydrogen-bond acceptors (Lipinski definition) is 7. The molecule has 11 heteroatoms. The van der Waals surface area contributed by atoms with E-state index in [0.717, 1.165) is 23.1 Å². The molecule has 2 aromatic heterocycles. The number of carboxylic acid groups (broad SMARTS) is 1. The van der Waals surface area contributed by atoms with E-state index in [0.29, 0.717) is 35.4 Å². The Labute approximate surface area is 247 Å². The second-order valence-electron chi connectivity index (χ2n) is 10.0. The zero-order valence-corrected chi connectivity index (χ0v) is 24.0. The lowest BCUT2D eigenvalue weighted by atomic mass is 10.1. The van der Waals surface area contributed by atoms with Gasteiger partial charge >= 0.3 is 5.97 Å². The van der Waals surface area contributed by atoms with Crippen LogP contribution in [0.25, 0.3) is 10.9 Å². The lowest BCUT2D eigenvalue weighted by Gasteiger charge is -2.22. The van der Waals surface area contributed by atoms with E-state index in [4.69, 9.17) is 14.5 Å². The van der Waals surface area contributed by atoms with Gasteiger partial charge in [-0.1, -0.05) is 42.0 Å². The molecule has 1 atom stereocenters. The predicted octanol–water partition coefficient (Wildman–Crippen LogP) is 4.61. The monoisotopic (exact) mass is 581 g/mol. The van der Waals surface area contributed by atoms with E-state index < -0.39 is 17.9 Å². The number of aromatic carboxylic acids is 1. The fourth-order valence-corrected chi connectivity index (χ4v) is 4.87. The highest BCUT2D eigenvalue weighted by Crippen LogP contribution is 2.27. The summed E-state index contributed by atoms with van der Waals surface area (Å²) in [4.78, 5) is 44.3. The number of carbonyl (C=O) groups excluding carboxylic acids is 1. The number of rotatable bonds is 11. The molecule has 1 amide bonds. The Balaban J connectivity index is 1.56. The molecule has 1 unspecified atom stereocenters. The molecule has 0 aliphatic heterocycles. The molecule has 43 heavy (non-hydrogen) atoms. The minimum Gasteiger partial charge on any atom is -0.495 e. The van der Waals surface area contributed by atoms with Crippen LogP contribution in [0.5, 0.6) is 11.5 Å². The minimum absolute atomic E-state index is 0.0997. The summed E-state index contributed by atoms with van der Waals surface area (Å²) in [6.07, 6.45) is 2.82. The maximum atomic E-state index is 14.0. The second-order valence-corrected chi connectivity index (χ2v) is 10.0. The van der Waals surface area contributed by atoms with Gasteiger partial charge in [0, 0.05) is 12.7 Å². The third-order valence-corrected chi connectivity index (χ3v) is 6.98. The van der Waals surface area contributed by atoms with Crippen molar-refractivity contribution in [2.75, 3.05) is 19.0 Å². The van der Waals surface area contributed by atoms with Crippen molar-refractivity contribution in [1.82, 2.24) is 19.3 Å². The zero-order chi connectivity index (χ0) is 30.5. The molecule has 0 fully saturated rings. The Kier molecular flexibility index (Phi) is 8.51.